The van der Waals surface area contributed by atoms with E-state index in [1.807, 2.05) is 0 Å². The van der Waals surface area contributed by atoms with Crippen LogP contribution in [0.4, 0.5) is 0 Å². The molecule has 0 heterocycles. The van der Waals surface area contributed by atoms with Gasteiger partial charge in [-0.15, -0.1) is 0 Å². The molecule has 2 N–H and O–H groups in total. The first-order valence-corrected chi connectivity index (χ1v) is 5.01. The van der Waals surface area contributed by atoms with E-state index in [1.54, 1.807) is 25.1 Å². The molecule has 0 radical (unpaired) electrons. The van der Waals surface area contributed by atoms with Gasteiger partial charge in [0.1, 0.15) is 0 Å². The van der Waals surface area contributed by atoms with Crippen molar-refractivity contribution in [2.45, 2.75) is 13.3 Å². The van der Waals surface area contributed by atoms with Crippen molar-refractivity contribution < 1.29 is 14.3 Å². The van der Waals surface area contributed by atoms with E-state index in [4.69, 9.17) is 5.73 Å². The van der Waals surface area contributed by atoms with Crippen LogP contribution in [0.1, 0.15) is 27.9 Å². The quantitative estimate of drug-likeness (QED) is 0.610. The van der Waals surface area contributed by atoms with E-state index >= 15 is 0 Å². The summed E-state index contributed by atoms with van der Waals surface area (Å²) in [6, 6.07) is 5.16. The van der Waals surface area contributed by atoms with Gasteiger partial charge in [-0.25, -0.2) is 4.79 Å². The third kappa shape index (κ3) is 3.35. The molecule has 4 nitrogen and oxygen atoms in total. The lowest BCUT2D eigenvalue weighted by molar-refractivity contribution is -0.117. The first-order valence-electron chi connectivity index (χ1n) is 5.01. The fraction of sp³-hybridized carbons (Fsp3) is 0.231. The molecule has 4 heteroatoms. The van der Waals surface area contributed by atoms with Crippen LogP contribution in [0.25, 0.3) is 0 Å². The molecule has 0 aliphatic rings. The van der Waals surface area contributed by atoms with Crippen molar-refractivity contribution in [3.63, 3.8) is 0 Å². The Hall–Kier alpha value is -2.28. The maximum absolute atomic E-state index is 11.4. The van der Waals surface area contributed by atoms with Crippen LogP contribution in [0.15, 0.2) is 18.2 Å². The predicted octanol–water partition coefficient (Wildman–Crippen LogP) is 1.01. The van der Waals surface area contributed by atoms with Crippen LogP contribution < -0.4 is 5.73 Å². The molecule has 0 bridgehead atoms. The summed E-state index contributed by atoms with van der Waals surface area (Å²) >= 11 is 0. The second kappa shape index (κ2) is 5.71. The number of primary amides is 1. The fourth-order valence-electron chi connectivity index (χ4n) is 1.33. The van der Waals surface area contributed by atoms with Crippen LogP contribution in [-0.2, 0) is 9.53 Å². The summed E-state index contributed by atoms with van der Waals surface area (Å²) in [4.78, 5) is 22.0. The third-order valence-corrected chi connectivity index (χ3v) is 2.22. The van der Waals surface area contributed by atoms with Gasteiger partial charge >= 0.3 is 5.97 Å². The van der Waals surface area contributed by atoms with Crippen molar-refractivity contribution in [2.75, 3.05) is 7.11 Å². The number of methoxy groups -OCH3 is 1. The summed E-state index contributed by atoms with van der Waals surface area (Å²) < 4.78 is 4.65. The Morgan fingerprint density at radius 2 is 2.12 bits per heavy atom. The summed E-state index contributed by atoms with van der Waals surface area (Å²) in [6.07, 6.45) is 0.00188. The molecule has 0 aliphatic carbocycles. The highest BCUT2D eigenvalue weighted by Gasteiger charge is 2.10. The minimum atomic E-state index is -0.473. The Bertz CT molecular complexity index is 509. The Morgan fingerprint density at radius 3 is 2.71 bits per heavy atom. The molecule has 0 aliphatic heterocycles. The number of amides is 1. The number of rotatable bonds is 2. The number of hydrogen-bond acceptors (Lipinski definition) is 3. The molecule has 0 unspecified atom stereocenters. The second-order valence-corrected chi connectivity index (χ2v) is 3.41. The van der Waals surface area contributed by atoms with E-state index in [0.717, 1.165) is 5.56 Å². The maximum atomic E-state index is 11.4. The van der Waals surface area contributed by atoms with Crippen LogP contribution >= 0.6 is 0 Å². The Kier molecular flexibility index (Phi) is 4.29. The normalized spacial score (nSPS) is 9.06. The predicted molar refractivity (Wildman–Crippen MR) is 63.2 cm³/mol. The summed E-state index contributed by atoms with van der Waals surface area (Å²) in [7, 11) is 1.33. The van der Waals surface area contributed by atoms with Gasteiger partial charge in [0.05, 0.1) is 19.1 Å². The van der Waals surface area contributed by atoms with Gasteiger partial charge in [0, 0.05) is 5.56 Å². The van der Waals surface area contributed by atoms with Crippen molar-refractivity contribution in [3.8, 4) is 11.8 Å². The molecular weight excluding hydrogens is 218 g/mol. The van der Waals surface area contributed by atoms with Crippen LogP contribution in [0.5, 0.6) is 0 Å². The van der Waals surface area contributed by atoms with Crippen LogP contribution in [0.3, 0.4) is 0 Å². The standard InChI is InChI=1S/C13H13NO3/c1-9-10(6-4-8-12(14)15)5-3-7-11(9)13(16)17-2/h3,5,7H,8H2,1-2H3,(H2,14,15). The molecule has 1 rings (SSSR count). The summed E-state index contributed by atoms with van der Waals surface area (Å²) in [6.45, 7) is 1.78. The van der Waals surface area contributed by atoms with Gasteiger partial charge in [-0.3, -0.25) is 4.79 Å². The van der Waals surface area contributed by atoms with Gasteiger partial charge < -0.3 is 10.5 Å². The zero-order chi connectivity index (χ0) is 12.8. The Morgan fingerprint density at radius 1 is 1.41 bits per heavy atom. The first kappa shape index (κ1) is 12.8. The highest BCUT2D eigenvalue weighted by molar-refractivity contribution is 5.91. The van der Waals surface area contributed by atoms with Crippen molar-refractivity contribution in [3.05, 3.63) is 34.9 Å². The molecule has 1 amide bonds. The summed E-state index contributed by atoms with van der Waals surface area (Å²) in [5.74, 6) is 4.58. The maximum Gasteiger partial charge on any atom is 0.338 e. The van der Waals surface area contributed by atoms with Crippen molar-refractivity contribution in [1.29, 1.82) is 0 Å². The van der Waals surface area contributed by atoms with Gasteiger partial charge in [0.2, 0.25) is 5.91 Å². The third-order valence-electron chi connectivity index (χ3n) is 2.22. The van der Waals surface area contributed by atoms with Crippen LogP contribution in [0.2, 0.25) is 0 Å². The number of esters is 1. The molecule has 17 heavy (non-hydrogen) atoms. The fourth-order valence-corrected chi connectivity index (χ4v) is 1.33. The lowest BCUT2D eigenvalue weighted by atomic mass is 10.0. The topological polar surface area (TPSA) is 69.4 Å². The smallest absolute Gasteiger partial charge is 0.338 e. The highest BCUT2D eigenvalue weighted by atomic mass is 16.5. The molecule has 0 aromatic heterocycles. The van der Waals surface area contributed by atoms with Crippen LogP contribution in [0, 0.1) is 18.8 Å². The molecule has 0 spiro atoms. The highest BCUT2D eigenvalue weighted by Crippen LogP contribution is 2.13. The lowest BCUT2D eigenvalue weighted by Crippen LogP contribution is -2.08. The minimum absolute atomic E-state index is 0.00188. The summed E-state index contributed by atoms with van der Waals surface area (Å²) in [5.41, 5.74) is 6.87. The van der Waals surface area contributed by atoms with Gasteiger partial charge in [-0.05, 0) is 24.6 Å². The number of carbonyl (C=O) groups excluding carboxylic acids is 2. The molecule has 0 saturated heterocycles. The molecule has 0 fully saturated rings. The second-order valence-electron chi connectivity index (χ2n) is 3.41. The molecular formula is C13H13NO3. The first-order chi connectivity index (χ1) is 8.06. The zero-order valence-corrected chi connectivity index (χ0v) is 9.74. The van der Waals surface area contributed by atoms with E-state index in [2.05, 4.69) is 16.6 Å². The number of ether oxygens (including phenoxy) is 1. The zero-order valence-electron chi connectivity index (χ0n) is 9.74. The summed E-state index contributed by atoms with van der Waals surface area (Å²) in [5, 5.41) is 0. The van der Waals surface area contributed by atoms with E-state index in [9.17, 15) is 9.59 Å². The molecule has 0 saturated carbocycles. The molecule has 1 aromatic carbocycles. The van der Waals surface area contributed by atoms with E-state index in [0.29, 0.717) is 11.1 Å². The molecule has 88 valence electrons. The largest absolute Gasteiger partial charge is 0.465 e. The van der Waals surface area contributed by atoms with Gasteiger partial charge in [0.15, 0.2) is 0 Å². The number of nitrogens with two attached hydrogens (primary N) is 1. The van der Waals surface area contributed by atoms with E-state index in [-0.39, 0.29) is 6.42 Å². The van der Waals surface area contributed by atoms with Gasteiger partial charge in [-0.1, -0.05) is 17.9 Å². The number of benzene rings is 1. The van der Waals surface area contributed by atoms with Crippen molar-refractivity contribution in [2.24, 2.45) is 5.73 Å². The number of hydrogen-bond donors (Lipinski definition) is 1. The van der Waals surface area contributed by atoms with Crippen LogP contribution in [-0.4, -0.2) is 19.0 Å². The van der Waals surface area contributed by atoms with Crippen molar-refractivity contribution >= 4 is 11.9 Å². The monoisotopic (exact) mass is 231 g/mol. The average molecular weight is 231 g/mol. The molecule has 1 aromatic rings. The minimum Gasteiger partial charge on any atom is -0.465 e. The number of carbonyl (C=O) groups is 2. The Balaban J connectivity index is 3.05. The SMILES string of the molecule is COC(=O)c1cccc(C#CCC(N)=O)c1C. The Labute approximate surface area is 99.8 Å². The van der Waals surface area contributed by atoms with Crippen molar-refractivity contribution in [1.82, 2.24) is 0 Å². The van der Waals surface area contributed by atoms with Gasteiger partial charge in [-0.2, -0.15) is 0 Å². The average Bonchev–Trinajstić information content (AvgIpc) is 2.30. The van der Waals surface area contributed by atoms with E-state index in [1.165, 1.54) is 7.11 Å². The lowest BCUT2D eigenvalue weighted by Gasteiger charge is -2.04. The molecule has 0 atom stereocenters. The van der Waals surface area contributed by atoms with Gasteiger partial charge in [0.25, 0.3) is 0 Å². The van der Waals surface area contributed by atoms with E-state index < -0.39 is 11.9 Å².